The van der Waals surface area contributed by atoms with Crippen LogP contribution in [-0.2, 0) is 0 Å². The number of benzene rings is 1. The highest BCUT2D eigenvalue weighted by Crippen LogP contribution is 2.45. The molecule has 1 aliphatic heterocycles. The average molecular weight is 482 g/mol. The predicted octanol–water partition coefficient (Wildman–Crippen LogP) is 4.86. The minimum Gasteiger partial charge on any atom is -0.493 e. The quantitative estimate of drug-likeness (QED) is 0.541. The van der Waals surface area contributed by atoms with Crippen LogP contribution in [0.4, 0.5) is 24.8 Å². The number of ether oxygens (including phenoxy) is 2. The molecule has 2 atom stereocenters. The number of carbonyl (C=O) groups is 1. The summed E-state index contributed by atoms with van der Waals surface area (Å²) in [4.78, 5) is 16.8. The molecule has 3 aromatic rings. The Bertz CT molecular complexity index is 1170. The van der Waals surface area contributed by atoms with Gasteiger partial charge in [0.1, 0.15) is 17.2 Å². The van der Waals surface area contributed by atoms with Gasteiger partial charge in [0.15, 0.2) is 17.5 Å². The summed E-state index contributed by atoms with van der Waals surface area (Å²) in [5.74, 6) is 0.322. The number of nitrogens with zero attached hydrogens (tertiary/aromatic N) is 3. The fourth-order valence-electron chi connectivity index (χ4n) is 3.65. The number of fused-ring (bicyclic) bond motifs is 1. The Kier molecular flexibility index (Phi) is 6.07. The molecular weight excluding hydrogens is 463 g/mol. The number of halogens is 4. The molecule has 1 aromatic carbocycles. The second kappa shape index (κ2) is 8.81. The largest absolute Gasteiger partial charge is 0.493 e. The zero-order valence-corrected chi connectivity index (χ0v) is 18.2. The van der Waals surface area contributed by atoms with E-state index in [1.54, 1.807) is 18.2 Å². The number of methoxy groups -OCH3 is 2. The average Bonchev–Trinajstić information content (AvgIpc) is 3.22. The van der Waals surface area contributed by atoms with Gasteiger partial charge in [-0.2, -0.15) is 18.3 Å². The van der Waals surface area contributed by atoms with E-state index in [0.29, 0.717) is 22.1 Å². The van der Waals surface area contributed by atoms with Crippen molar-refractivity contribution in [3.63, 3.8) is 0 Å². The van der Waals surface area contributed by atoms with Crippen molar-refractivity contribution in [2.24, 2.45) is 0 Å². The first-order valence-corrected chi connectivity index (χ1v) is 10.1. The lowest BCUT2D eigenvalue weighted by Gasteiger charge is -2.34. The van der Waals surface area contributed by atoms with Crippen molar-refractivity contribution < 1.29 is 27.4 Å². The Balaban J connectivity index is 1.69. The number of amides is 1. The highest BCUT2D eigenvalue weighted by Gasteiger charge is 2.47. The second-order valence-corrected chi connectivity index (χ2v) is 7.71. The maximum absolute atomic E-state index is 13.9. The van der Waals surface area contributed by atoms with Gasteiger partial charge < -0.3 is 20.1 Å². The van der Waals surface area contributed by atoms with Crippen molar-refractivity contribution in [2.75, 3.05) is 24.9 Å². The van der Waals surface area contributed by atoms with E-state index < -0.39 is 24.2 Å². The molecule has 0 saturated carbocycles. The van der Waals surface area contributed by atoms with Crippen molar-refractivity contribution in [3.05, 3.63) is 58.9 Å². The molecule has 2 aromatic heterocycles. The van der Waals surface area contributed by atoms with E-state index in [1.807, 2.05) is 0 Å². The molecule has 1 amide bonds. The zero-order chi connectivity index (χ0) is 23.8. The van der Waals surface area contributed by atoms with Crippen LogP contribution in [0.5, 0.6) is 11.5 Å². The minimum absolute atomic E-state index is 0.0465. The van der Waals surface area contributed by atoms with Crippen LogP contribution in [0.2, 0.25) is 5.02 Å². The van der Waals surface area contributed by atoms with Crippen molar-refractivity contribution >= 4 is 29.1 Å². The Morgan fingerprint density at radius 3 is 2.58 bits per heavy atom. The second-order valence-electron chi connectivity index (χ2n) is 7.27. The first-order valence-electron chi connectivity index (χ1n) is 9.77. The SMILES string of the molecule is COc1ccc([C@@H]2C[C@H](C(F)(F)F)n3ncc(C(=O)Nc4ccc(Cl)cn4)c3N2)cc1OC. The molecule has 8 nitrogen and oxygen atoms in total. The molecule has 1 aliphatic rings. The third-order valence-electron chi connectivity index (χ3n) is 5.26. The summed E-state index contributed by atoms with van der Waals surface area (Å²) in [5.41, 5.74) is 0.492. The third kappa shape index (κ3) is 4.54. The molecule has 4 rings (SSSR count). The fourth-order valence-corrected chi connectivity index (χ4v) is 3.76. The Morgan fingerprint density at radius 2 is 1.94 bits per heavy atom. The monoisotopic (exact) mass is 481 g/mol. The number of hydrogen-bond acceptors (Lipinski definition) is 6. The van der Waals surface area contributed by atoms with Crippen molar-refractivity contribution in [1.29, 1.82) is 0 Å². The van der Waals surface area contributed by atoms with Crippen LogP contribution in [0, 0.1) is 0 Å². The van der Waals surface area contributed by atoms with Crippen LogP contribution in [0.15, 0.2) is 42.7 Å². The van der Waals surface area contributed by atoms with Crippen LogP contribution >= 0.6 is 11.6 Å². The molecule has 0 bridgehead atoms. The van der Waals surface area contributed by atoms with Gasteiger partial charge in [-0.1, -0.05) is 17.7 Å². The summed E-state index contributed by atoms with van der Waals surface area (Å²) in [7, 11) is 2.91. The number of hydrogen-bond donors (Lipinski definition) is 2. The fraction of sp³-hybridized carbons (Fsp3) is 0.286. The molecule has 0 radical (unpaired) electrons. The van der Waals surface area contributed by atoms with Gasteiger partial charge in [0.2, 0.25) is 0 Å². The zero-order valence-electron chi connectivity index (χ0n) is 17.5. The lowest BCUT2D eigenvalue weighted by Crippen LogP contribution is -2.36. The maximum atomic E-state index is 13.9. The number of nitrogens with one attached hydrogen (secondary N) is 2. The highest BCUT2D eigenvalue weighted by molar-refractivity contribution is 6.30. The van der Waals surface area contributed by atoms with Gasteiger partial charge in [-0.05, 0) is 29.8 Å². The molecule has 0 fully saturated rings. The number of rotatable bonds is 5. The maximum Gasteiger partial charge on any atom is 0.410 e. The Hall–Kier alpha value is -3.47. The summed E-state index contributed by atoms with van der Waals surface area (Å²) < 4.78 is 53.0. The normalized spacial score (nSPS) is 17.6. The van der Waals surface area contributed by atoms with Crippen LogP contribution in [0.3, 0.4) is 0 Å². The minimum atomic E-state index is -4.58. The lowest BCUT2D eigenvalue weighted by molar-refractivity contribution is -0.173. The lowest BCUT2D eigenvalue weighted by atomic mass is 9.96. The molecule has 2 N–H and O–H groups in total. The van der Waals surface area contributed by atoms with E-state index in [4.69, 9.17) is 21.1 Å². The predicted molar refractivity (Wildman–Crippen MR) is 115 cm³/mol. The third-order valence-corrected chi connectivity index (χ3v) is 5.49. The van der Waals surface area contributed by atoms with Crippen LogP contribution in [0.25, 0.3) is 0 Å². The van der Waals surface area contributed by atoms with Gasteiger partial charge in [-0.15, -0.1) is 0 Å². The number of anilines is 2. The summed E-state index contributed by atoms with van der Waals surface area (Å²) in [6.07, 6.45) is -2.46. The van der Waals surface area contributed by atoms with E-state index in [1.165, 1.54) is 32.5 Å². The molecule has 0 saturated heterocycles. The van der Waals surface area contributed by atoms with E-state index in [2.05, 4.69) is 20.7 Å². The van der Waals surface area contributed by atoms with Crippen molar-refractivity contribution in [1.82, 2.24) is 14.8 Å². The van der Waals surface area contributed by atoms with Crippen LogP contribution in [-0.4, -0.2) is 41.1 Å². The Labute approximate surface area is 191 Å². The molecule has 174 valence electrons. The van der Waals surface area contributed by atoms with Gasteiger partial charge in [0.05, 0.1) is 31.5 Å². The smallest absolute Gasteiger partial charge is 0.410 e. The molecule has 3 heterocycles. The van der Waals surface area contributed by atoms with Gasteiger partial charge in [-0.25, -0.2) is 9.67 Å². The summed E-state index contributed by atoms with van der Waals surface area (Å²) in [5, 5.41) is 9.81. The van der Waals surface area contributed by atoms with Gasteiger partial charge in [0.25, 0.3) is 5.91 Å². The number of pyridine rings is 1. The highest BCUT2D eigenvalue weighted by atomic mass is 35.5. The van der Waals surface area contributed by atoms with Crippen LogP contribution in [0.1, 0.15) is 34.4 Å². The van der Waals surface area contributed by atoms with E-state index >= 15 is 0 Å². The van der Waals surface area contributed by atoms with Gasteiger partial charge in [0, 0.05) is 12.6 Å². The number of alkyl halides is 3. The van der Waals surface area contributed by atoms with Gasteiger partial charge >= 0.3 is 6.18 Å². The standard InChI is InChI=1S/C21H19ClF3N5O3/c1-32-15-5-3-11(7-16(15)33-2)14-8-17(21(23,24)25)30-19(28-14)13(10-27-30)20(31)29-18-6-4-12(22)9-26-18/h3-7,9-10,14,17,28H,8H2,1-2H3,(H,26,29,31)/t14-,17+/m0/s1. The molecule has 0 spiro atoms. The number of aromatic nitrogens is 3. The molecule has 33 heavy (non-hydrogen) atoms. The van der Waals surface area contributed by atoms with E-state index in [-0.39, 0.29) is 23.6 Å². The van der Waals surface area contributed by atoms with E-state index in [9.17, 15) is 18.0 Å². The van der Waals surface area contributed by atoms with Crippen molar-refractivity contribution in [3.8, 4) is 11.5 Å². The first-order chi connectivity index (χ1) is 15.7. The van der Waals surface area contributed by atoms with E-state index in [0.717, 1.165) is 10.9 Å². The first kappa shape index (κ1) is 22.7. The molecule has 0 aliphatic carbocycles. The Morgan fingerprint density at radius 1 is 1.18 bits per heavy atom. The molecule has 12 heteroatoms. The van der Waals surface area contributed by atoms with Crippen LogP contribution < -0.4 is 20.1 Å². The topological polar surface area (TPSA) is 90.3 Å². The molecule has 0 unspecified atom stereocenters. The summed E-state index contributed by atoms with van der Waals surface area (Å²) >= 11 is 5.79. The number of carbonyl (C=O) groups excluding carboxylic acids is 1. The molecular formula is C21H19ClF3N5O3. The summed E-state index contributed by atoms with van der Waals surface area (Å²) in [6.45, 7) is 0. The van der Waals surface area contributed by atoms with Crippen molar-refractivity contribution in [2.45, 2.75) is 24.7 Å². The summed E-state index contributed by atoms with van der Waals surface area (Å²) in [6, 6.07) is 5.19. The van der Waals surface area contributed by atoms with Gasteiger partial charge in [-0.3, -0.25) is 4.79 Å².